The molecule has 2 aromatic rings. The highest BCUT2D eigenvalue weighted by Crippen LogP contribution is 2.32. The van der Waals surface area contributed by atoms with Crippen LogP contribution in [0, 0.1) is 0 Å². The van der Waals surface area contributed by atoms with Gasteiger partial charge in [0.1, 0.15) is 6.10 Å². The van der Waals surface area contributed by atoms with Crippen molar-refractivity contribution in [2.45, 2.75) is 37.1 Å². The Morgan fingerprint density at radius 2 is 1.83 bits per heavy atom. The average molecular weight is 396 g/mol. The summed E-state index contributed by atoms with van der Waals surface area (Å²) in [5, 5.41) is 14.7. The number of hydrogen-bond acceptors (Lipinski definition) is 7. The van der Waals surface area contributed by atoms with Crippen LogP contribution in [-0.4, -0.2) is 78.4 Å². The van der Waals surface area contributed by atoms with Gasteiger partial charge in [0.15, 0.2) is 6.29 Å². The lowest BCUT2D eigenvalue weighted by Gasteiger charge is -2.47. The van der Waals surface area contributed by atoms with Crippen LogP contribution in [0.4, 0.5) is 5.69 Å². The van der Waals surface area contributed by atoms with Gasteiger partial charge in [0, 0.05) is 44.6 Å². The predicted molar refractivity (Wildman–Crippen MR) is 110 cm³/mol. The van der Waals surface area contributed by atoms with E-state index >= 15 is 0 Å². The molecule has 0 unspecified atom stereocenters. The van der Waals surface area contributed by atoms with E-state index in [1.165, 1.54) is 5.69 Å². The Hall–Kier alpha value is -2.03. The highest BCUT2D eigenvalue weighted by Gasteiger charge is 2.52. The van der Waals surface area contributed by atoms with E-state index in [0.29, 0.717) is 13.2 Å². The molecule has 7 heteroatoms. The first-order valence-corrected chi connectivity index (χ1v) is 10.4. The van der Waals surface area contributed by atoms with E-state index in [1.54, 1.807) is 6.20 Å². The molecule has 3 saturated heterocycles. The Bertz CT molecular complexity index is 785. The molecule has 4 heterocycles. The van der Waals surface area contributed by atoms with Crippen LogP contribution in [0.2, 0.25) is 0 Å². The van der Waals surface area contributed by atoms with Crippen molar-refractivity contribution in [3.8, 4) is 0 Å². The lowest BCUT2D eigenvalue weighted by molar-refractivity contribution is -0.183. The second kappa shape index (κ2) is 8.38. The molecule has 29 heavy (non-hydrogen) atoms. The van der Waals surface area contributed by atoms with Crippen LogP contribution in [0.1, 0.15) is 5.69 Å². The van der Waals surface area contributed by atoms with Crippen molar-refractivity contribution in [1.29, 1.82) is 0 Å². The Labute approximate surface area is 171 Å². The summed E-state index contributed by atoms with van der Waals surface area (Å²) in [6.07, 6.45) is 0.758. The number of fused-ring (bicyclic) bond motifs is 2. The number of benzene rings is 1. The van der Waals surface area contributed by atoms with Gasteiger partial charge in [-0.15, -0.1) is 0 Å². The minimum absolute atomic E-state index is 0.124. The largest absolute Gasteiger partial charge is 0.390 e. The number of para-hydroxylation sites is 1. The second-order valence-corrected chi connectivity index (χ2v) is 7.94. The third-order valence-corrected chi connectivity index (χ3v) is 6.23. The highest BCUT2D eigenvalue weighted by molar-refractivity contribution is 5.46. The van der Waals surface area contributed by atoms with Gasteiger partial charge in [-0.2, -0.15) is 0 Å². The zero-order chi connectivity index (χ0) is 19.6. The molecule has 0 radical (unpaired) electrons. The molecule has 0 aliphatic carbocycles. The van der Waals surface area contributed by atoms with E-state index in [4.69, 9.17) is 9.47 Å². The van der Waals surface area contributed by atoms with Gasteiger partial charge < -0.3 is 24.8 Å². The van der Waals surface area contributed by atoms with Gasteiger partial charge >= 0.3 is 0 Å². The van der Waals surface area contributed by atoms with Gasteiger partial charge in [0.25, 0.3) is 0 Å². The molecular formula is C22H28N4O3. The summed E-state index contributed by atoms with van der Waals surface area (Å²) in [4.78, 5) is 9.08. The topological polar surface area (TPSA) is 70.1 Å². The van der Waals surface area contributed by atoms with Crippen LogP contribution >= 0.6 is 0 Å². The Morgan fingerprint density at radius 3 is 2.59 bits per heavy atom. The number of nitrogens with zero attached hydrogens (tertiary/aromatic N) is 3. The summed E-state index contributed by atoms with van der Waals surface area (Å²) in [5.41, 5.74) is 2.20. The van der Waals surface area contributed by atoms with Gasteiger partial charge in [-0.05, 0) is 24.3 Å². The second-order valence-electron chi connectivity index (χ2n) is 7.94. The van der Waals surface area contributed by atoms with E-state index in [9.17, 15) is 5.11 Å². The molecule has 0 amide bonds. The number of anilines is 1. The number of piperazine rings is 1. The molecule has 154 valence electrons. The fourth-order valence-electron chi connectivity index (χ4n) is 4.68. The molecule has 3 aliphatic heterocycles. The summed E-state index contributed by atoms with van der Waals surface area (Å²) in [6, 6.07) is 16.0. The summed E-state index contributed by atoms with van der Waals surface area (Å²) in [7, 11) is 0. The maximum absolute atomic E-state index is 11.2. The molecule has 2 bridgehead atoms. The first-order chi connectivity index (χ1) is 14.3. The molecular weight excluding hydrogens is 368 g/mol. The van der Waals surface area contributed by atoms with Crippen LogP contribution < -0.4 is 10.2 Å². The van der Waals surface area contributed by atoms with Gasteiger partial charge in [-0.25, -0.2) is 0 Å². The molecule has 0 saturated carbocycles. The van der Waals surface area contributed by atoms with E-state index in [-0.39, 0.29) is 24.5 Å². The zero-order valence-corrected chi connectivity index (χ0v) is 16.4. The molecule has 3 aliphatic rings. The van der Waals surface area contributed by atoms with E-state index < -0.39 is 6.10 Å². The average Bonchev–Trinajstić information content (AvgIpc) is 3.20. The third kappa shape index (κ3) is 3.89. The maximum atomic E-state index is 11.2. The number of hydrogen-bond donors (Lipinski definition) is 2. The lowest BCUT2D eigenvalue weighted by Crippen LogP contribution is -2.66. The van der Waals surface area contributed by atoms with Crippen molar-refractivity contribution < 1.29 is 14.6 Å². The fourth-order valence-corrected chi connectivity index (χ4v) is 4.68. The Balaban J connectivity index is 1.24. The molecule has 0 spiro atoms. The minimum Gasteiger partial charge on any atom is -0.390 e. The van der Waals surface area contributed by atoms with Gasteiger partial charge in [0.2, 0.25) is 0 Å². The standard InChI is InChI=1S/C22H28N4O3/c27-21-19(24-14-16-6-4-5-9-23-16)18-15-28-22(29-18)20(21)26-12-10-25(11-13-26)17-7-2-1-3-8-17/h1-9,18-22,24,27H,10-15H2/t18-,19+,20-,21-,22+/m0/s1. The van der Waals surface area contributed by atoms with Crippen LogP contribution in [0.15, 0.2) is 54.7 Å². The van der Waals surface area contributed by atoms with Crippen molar-refractivity contribution in [3.63, 3.8) is 0 Å². The predicted octanol–water partition coefficient (Wildman–Crippen LogP) is 0.847. The van der Waals surface area contributed by atoms with Crippen molar-refractivity contribution in [2.75, 3.05) is 37.7 Å². The van der Waals surface area contributed by atoms with Gasteiger partial charge in [-0.3, -0.25) is 9.88 Å². The van der Waals surface area contributed by atoms with E-state index in [1.807, 2.05) is 24.3 Å². The SMILES string of the molecule is O[C@H]1[C@H](NCc2ccccn2)[C@@H]2CO[C@H](O2)[C@H]1N1CCN(c2ccccc2)CC1. The van der Waals surface area contributed by atoms with Crippen molar-refractivity contribution in [2.24, 2.45) is 0 Å². The molecule has 7 nitrogen and oxygen atoms in total. The molecule has 1 aromatic heterocycles. The van der Waals surface area contributed by atoms with Crippen LogP contribution in [0.5, 0.6) is 0 Å². The van der Waals surface area contributed by atoms with Gasteiger partial charge in [0.05, 0.1) is 30.5 Å². The molecule has 5 atom stereocenters. The van der Waals surface area contributed by atoms with Crippen LogP contribution in [0.3, 0.4) is 0 Å². The number of aliphatic hydroxyl groups is 1. The summed E-state index contributed by atoms with van der Waals surface area (Å²) >= 11 is 0. The van der Waals surface area contributed by atoms with Crippen LogP contribution in [0.25, 0.3) is 0 Å². The summed E-state index contributed by atoms with van der Waals surface area (Å²) in [5.74, 6) is 0. The lowest BCUT2D eigenvalue weighted by atomic mass is 9.94. The van der Waals surface area contributed by atoms with Crippen LogP contribution in [-0.2, 0) is 16.0 Å². The molecule has 2 N–H and O–H groups in total. The van der Waals surface area contributed by atoms with Crippen molar-refractivity contribution in [1.82, 2.24) is 15.2 Å². The normalized spacial score (nSPS) is 32.4. The number of pyridine rings is 1. The van der Waals surface area contributed by atoms with Gasteiger partial charge in [-0.1, -0.05) is 24.3 Å². The third-order valence-electron chi connectivity index (χ3n) is 6.23. The molecule has 5 rings (SSSR count). The number of ether oxygens (including phenoxy) is 2. The van der Waals surface area contributed by atoms with E-state index in [2.05, 4.69) is 44.4 Å². The van der Waals surface area contributed by atoms with Crippen molar-refractivity contribution in [3.05, 3.63) is 60.4 Å². The zero-order valence-electron chi connectivity index (χ0n) is 16.4. The smallest absolute Gasteiger partial charge is 0.176 e. The Kier molecular flexibility index (Phi) is 5.48. The molecule has 3 fully saturated rings. The molecule has 1 aromatic carbocycles. The summed E-state index contributed by atoms with van der Waals surface area (Å²) in [6.45, 7) is 4.71. The number of nitrogens with one attached hydrogen (secondary N) is 1. The minimum atomic E-state index is -0.548. The summed E-state index contributed by atoms with van der Waals surface area (Å²) < 4.78 is 12.0. The van der Waals surface area contributed by atoms with Crippen molar-refractivity contribution >= 4 is 5.69 Å². The number of aromatic nitrogens is 1. The number of rotatable bonds is 5. The quantitative estimate of drug-likeness (QED) is 0.776. The first-order valence-electron chi connectivity index (χ1n) is 10.4. The Morgan fingerprint density at radius 1 is 1.03 bits per heavy atom. The highest BCUT2D eigenvalue weighted by atomic mass is 16.7. The number of aliphatic hydroxyl groups excluding tert-OH is 1. The first kappa shape index (κ1) is 19.0. The maximum Gasteiger partial charge on any atom is 0.176 e. The van der Waals surface area contributed by atoms with E-state index in [0.717, 1.165) is 31.9 Å². The fraction of sp³-hybridized carbons (Fsp3) is 0.500. The monoisotopic (exact) mass is 396 g/mol.